The number of hydrogen-bond donors (Lipinski definition) is 1. The molecule has 9 rings (SSSR count). The quantitative estimate of drug-likeness (QED) is 0.225. The van der Waals surface area contributed by atoms with Crippen molar-refractivity contribution >= 4 is 50.1 Å². The molecule has 6 heterocycles. The van der Waals surface area contributed by atoms with Crippen LogP contribution >= 0.6 is 11.6 Å². The SMILES string of the molecule is O=S(c1cnn(CCOc2nc(N3CC4CCC(C3)N4)c3cnc(-c4cccc5cccc(Cl)c45)c(F)c3n2)c1)n1cnc(C2CC2)n1. The van der Waals surface area contributed by atoms with E-state index in [4.69, 9.17) is 21.3 Å². The Balaban J connectivity index is 1.02. The Kier molecular flexibility index (Phi) is 7.31. The molecule has 2 aromatic carbocycles. The normalized spacial score (nSPS) is 19.8. The second kappa shape index (κ2) is 11.9. The first-order chi connectivity index (χ1) is 23.5. The van der Waals surface area contributed by atoms with Gasteiger partial charge in [-0.15, -0.1) is 5.10 Å². The molecule has 244 valence electrons. The summed E-state index contributed by atoms with van der Waals surface area (Å²) in [6.45, 7) is 1.96. The third-order valence-corrected chi connectivity index (χ3v) is 10.7. The summed E-state index contributed by atoms with van der Waals surface area (Å²) in [5.41, 5.74) is 0.873. The van der Waals surface area contributed by atoms with Crippen LogP contribution in [0.4, 0.5) is 10.2 Å². The van der Waals surface area contributed by atoms with Gasteiger partial charge >= 0.3 is 6.01 Å². The van der Waals surface area contributed by atoms with E-state index < -0.39 is 16.8 Å². The number of benzene rings is 2. The summed E-state index contributed by atoms with van der Waals surface area (Å²) in [7, 11) is -1.56. The van der Waals surface area contributed by atoms with Gasteiger partial charge in [-0.05, 0) is 37.1 Å². The Hall–Kier alpha value is -4.53. The molecule has 3 aliphatic rings. The Bertz CT molecular complexity index is 2200. The Morgan fingerprint density at radius 2 is 1.83 bits per heavy atom. The number of ether oxygens (including phenoxy) is 1. The van der Waals surface area contributed by atoms with Gasteiger partial charge in [0.05, 0.1) is 23.0 Å². The van der Waals surface area contributed by atoms with Crippen molar-refractivity contribution < 1.29 is 13.3 Å². The number of anilines is 1. The van der Waals surface area contributed by atoms with Gasteiger partial charge in [0.1, 0.15) is 30.0 Å². The van der Waals surface area contributed by atoms with Crippen LogP contribution in [0.2, 0.25) is 5.02 Å². The van der Waals surface area contributed by atoms with Gasteiger partial charge < -0.3 is 15.0 Å². The van der Waals surface area contributed by atoms with Gasteiger partial charge in [0, 0.05) is 59.5 Å². The van der Waals surface area contributed by atoms with Crippen molar-refractivity contribution in [3.8, 4) is 17.3 Å². The van der Waals surface area contributed by atoms with Crippen LogP contribution in [0.5, 0.6) is 6.01 Å². The number of pyridine rings is 1. The van der Waals surface area contributed by atoms with Crippen molar-refractivity contribution in [3.05, 3.63) is 78.0 Å². The zero-order chi connectivity index (χ0) is 32.4. The number of rotatable bonds is 9. The van der Waals surface area contributed by atoms with Crippen molar-refractivity contribution in [3.63, 3.8) is 0 Å². The number of fused-ring (bicyclic) bond motifs is 4. The number of nitrogens with one attached hydrogen (secondary N) is 1. The van der Waals surface area contributed by atoms with E-state index in [9.17, 15) is 4.21 Å². The minimum atomic E-state index is -1.56. The molecule has 1 aliphatic carbocycles. The topological polar surface area (TPSA) is 129 Å². The van der Waals surface area contributed by atoms with E-state index in [0.717, 1.165) is 55.4 Å². The molecule has 2 aliphatic heterocycles. The predicted molar refractivity (Wildman–Crippen MR) is 179 cm³/mol. The number of aromatic nitrogens is 8. The van der Waals surface area contributed by atoms with Crippen LogP contribution in [-0.4, -0.2) is 74.9 Å². The van der Waals surface area contributed by atoms with E-state index in [-0.39, 0.29) is 23.8 Å². The standard InChI is InChI=1S/C33H30ClFN10O2S/c34-26-6-2-4-19-3-1-5-24(27(19)26)29-28(35)30-25(14-36-29)32(43-15-21-9-10-22(16-43)39-21)41-33(40-30)47-12-11-44-17-23(13-38-44)48(46)45-18-37-31(42-45)20-7-8-20/h1-6,13-14,17-18,20-22,39H,7-12,15-16H2. The van der Waals surface area contributed by atoms with Crippen LogP contribution in [0.15, 0.2) is 66.2 Å². The smallest absolute Gasteiger partial charge is 0.319 e. The molecule has 1 N–H and O–H groups in total. The molecule has 0 amide bonds. The zero-order valence-corrected chi connectivity index (χ0v) is 27.2. The van der Waals surface area contributed by atoms with Gasteiger partial charge in [0.25, 0.3) is 0 Å². The molecule has 6 aromatic rings. The highest BCUT2D eigenvalue weighted by Gasteiger charge is 2.34. The lowest BCUT2D eigenvalue weighted by Crippen LogP contribution is -2.51. The molecule has 12 nitrogen and oxygen atoms in total. The number of halogens is 2. The molecular weight excluding hydrogens is 655 g/mol. The number of piperazine rings is 1. The largest absolute Gasteiger partial charge is 0.461 e. The third-order valence-electron chi connectivity index (χ3n) is 9.23. The summed E-state index contributed by atoms with van der Waals surface area (Å²) >= 11 is 6.60. The fraction of sp³-hybridized carbons (Fsp3) is 0.333. The van der Waals surface area contributed by atoms with E-state index in [1.54, 1.807) is 29.3 Å². The van der Waals surface area contributed by atoms with E-state index in [1.807, 2.05) is 30.3 Å². The van der Waals surface area contributed by atoms with E-state index >= 15 is 4.39 Å². The maximum absolute atomic E-state index is 16.6. The van der Waals surface area contributed by atoms with Gasteiger partial charge in [-0.3, -0.25) is 9.67 Å². The third kappa shape index (κ3) is 5.37. The zero-order valence-electron chi connectivity index (χ0n) is 25.7. The molecule has 3 atom stereocenters. The minimum Gasteiger partial charge on any atom is -0.461 e. The van der Waals surface area contributed by atoms with Gasteiger partial charge in [0.2, 0.25) is 0 Å². The van der Waals surface area contributed by atoms with Crippen LogP contribution in [-0.2, 0) is 17.5 Å². The van der Waals surface area contributed by atoms with Crippen molar-refractivity contribution in [1.82, 2.24) is 44.2 Å². The average Bonchev–Trinajstić information content (AvgIpc) is 3.47. The highest BCUT2D eigenvalue weighted by Crippen LogP contribution is 2.39. The van der Waals surface area contributed by atoms with Crippen LogP contribution in [0, 0.1) is 5.82 Å². The summed E-state index contributed by atoms with van der Waals surface area (Å²) in [6.07, 6.45) is 10.7. The van der Waals surface area contributed by atoms with E-state index in [1.165, 1.54) is 10.4 Å². The Labute approximate surface area is 281 Å². The number of nitrogens with zero attached hydrogens (tertiary/aromatic N) is 9. The van der Waals surface area contributed by atoms with Crippen molar-refractivity contribution in [2.24, 2.45) is 0 Å². The minimum absolute atomic E-state index is 0.0570. The summed E-state index contributed by atoms with van der Waals surface area (Å²) in [5.74, 6) is 1.13. The lowest BCUT2D eigenvalue weighted by molar-refractivity contribution is 0.270. The van der Waals surface area contributed by atoms with Gasteiger partial charge in [-0.1, -0.05) is 41.9 Å². The van der Waals surface area contributed by atoms with E-state index in [2.05, 4.69) is 35.4 Å². The predicted octanol–water partition coefficient (Wildman–Crippen LogP) is 4.89. The van der Waals surface area contributed by atoms with Crippen molar-refractivity contribution in [2.45, 2.75) is 55.1 Å². The molecule has 48 heavy (non-hydrogen) atoms. The maximum Gasteiger partial charge on any atom is 0.319 e. The molecule has 4 aromatic heterocycles. The fourth-order valence-electron chi connectivity index (χ4n) is 6.74. The first-order valence-electron chi connectivity index (χ1n) is 16.0. The van der Waals surface area contributed by atoms with Crippen LogP contribution in [0.1, 0.15) is 37.4 Å². The molecule has 2 saturated heterocycles. The molecular formula is C33H30ClFN10O2S. The van der Waals surface area contributed by atoms with Crippen LogP contribution in [0.3, 0.4) is 0 Å². The summed E-state index contributed by atoms with van der Waals surface area (Å²) < 4.78 is 38.7. The summed E-state index contributed by atoms with van der Waals surface area (Å²) in [6, 6.07) is 12.0. The molecule has 0 radical (unpaired) electrons. The molecule has 0 spiro atoms. The highest BCUT2D eigenvalue weighted by molar-refractivity contribution is 7.83. The Morgan fingerprint density at radius 3 is 2.65 bits per heavy atom. The van der Waals surface area contributed by atoms with Crippen LogP contribution in [0.25, 0.3) is 32.9 Å². The monoisotopic (exact) mass is 684 g/mol. The summed E-state index contributed by atoms with van der Waals surface area (Å²) in [4.78, 5) is 21.0. The van der Waals surface area contributed by atoms with Gasteiger partial charge in [-0.2, -0.15) is 19.2 Å². The first-order valence-corrected chi connectivity index (χ1v) is 17.5. The second-order valence-electron chi connectivity index (χ2n) is 12.5. The molecule has 1 saturated carbocycles. The van der Waals surface area contributed by atoms with Crippen LogP contribution < -0.4 is 15.0 Å². The number of hydrogen-bond acceptors (Lipinski definition) is 10. The lowest BCUT2D eigenvalue weighted by Gasteiger charge is -2.34. The van der Waals surface area contributed by atoms with Crippen molar-refractivity contribution in [1.29, 1.82) is 0 Å². The molecule has 3 unspecified atom stereocenters. The molecule has 2 bridgehead atoms. The van der Waals surface area contributed by atoms with Gasteiger partial charge in [-0.25, -0.2) is 13.6 Å². The van der Waals surface area contributed by atoms with Gasteiger partial charge in [0.15, 0.2) is 22.6 Å². The second-order valence-corrected chi connectivity index (χ2v) is 14.3. The first kappa shape index (κ1) is 29.6. The lowest BCUT2D eigenvalue weighted by atomic mass is 10.0. The molecule has 15 heteroatoms. The summed E-state index contributed by atoms with van der Waals surface area (Å²) in [5, 5.41) is 15.0. The fourth-order valence-corrected chi connectivity index (χ4v) is 7.88. The average molecular weight is 685 g/mol. The Morgan fingerprint density at radius 1 is 1.02 bits per heavy atom. The van der Waals surface area contributed by atoms with E-state index in [0.29, 0.717) is 51.2 Å². The van der Waals surface area contributed by atoms with Crippen molar-refractivity contribution in [2.75, 3.05) is 24.6 Å². The highest BCUT2D eigenvalue weighted by atomic mass is 35.5. The maximum atomic E-state index is 16.6. The molecule has 3 fully saturated rings.